The van der Waals surface area contributed by atoms with Crippen LogP contribution in [0.15, 0.2) is 0 Å². The Hall–Kier alpha value is -1.49. The van der Waals surface area contributed by atoms with Crippen molar-refractivity contribution in [2.45, 2.75) is 65.3 Å². The zero-order valence-corrected chi connectivity index (χ0v) is 14.3. The molecule has 22 heavy (non-hydrogen) atoms. The van der Waals surface area contributed by atoms with Crippen molar-refractivity contribution in [3.63, 3.8) is 0 Å². The maximum absolute atomic E-state index is 12.7. The van der Waals surface area contributed by atoms with E-state index < -0.39 is 0 Å². The monoisotopic (exact) mass is 317 g/mol. The third kappa shape index (κ3) is 3.00. The number of amides is 1. The van der Waals surface area contributed by atoms with Gasteiger partial charge in [0, 0.05) is 17.1 Å². The number of carbonyl (C=O) groups excluding carboxylic acids is 1. The van der Waals surface area contributed by atoms with Crippen LogP contribution in [-0.4, -0.2) is 21.9 Å². The van der Waals surface area contributed by atoms with Crippen LogP contribution in [0, 0.1) is 20.8 Å². The Labute approximate surface area is 135 Å². The van der Waals surface area contributed by atoms with Gasteiger partial charge in [-0.05, 0) is 39.2 Å². The van der Waals surface area contributed by atoms with Gasteiger partial charge in [-0.1, -0.05) is 25.7 Å². The molecule has 0 aromatic carbocycles. The maximum Gasteiger partial charge on any atom is 0.261 e. The number of aryl methyl sites for hydroxylation is 3. The smallest absolute Gasteiger partial charge is 0.261 e. The van der Waals surface area contributed by atoms with E-state index in [9.17, 15) is 4.79 Å². The van der Waals surface area contributed by atoms with Crippen LogP contribution in [0.3, 0.4) is 0 Å². The van der Waals surface area contributed by atoms with E-state index >= 15 is 0 Å². The first-order valence-electron chi connectivity index (χ1n) is 8.11. The number of thiophene rings is 1. The Morgan fingerprint density at radius 2 is 1.77 bits per heavy atom. The fourth-order valence-electron chi connectivity index (χ4n) is 3.36. The van der Waals surface area contributed by atoms with E-state index in [1.165, 1.54) is 37.0 Å². The minimum Gasteiger partial charge on any atom is -0.349 e. The molecule has 0 bridgehead atoms. The summed E-state index contributed by atoms with van der Waals surface area (Å²) in [5.74, 6) is 0.825. The molecule has 1 aliphatic carbocycles. The minimum atomic E-state index is 0.0597. The van der Waals surface area contributed by atoms with Gasteiger partial charge in [-0.25, -0.2) is 9.97 Å². The van der Waals surface area contributed by atoms with Crippen LogP contribution in [-0.2, 0) is 0 Å². The van der Waals surface area contributed by atoms with Crippen LogP contribution in [0.5, 0.6) is 0 Å². The van der Waals surface area contributed by atoms with Crippen molar-refractivity contribution in [3.05, 3.63) is 22.0 Å². The van der Waals surface area contributed by atoms with E-state index in [-0.39, 0.29) is 5.91 Å². The molecule has 0 unspecified atom stereocenters. The first kappa shape index (κ1) is 15.4. The molecule has 4 nitrogen and oxygen atoms in total. The maximum atomic E-state index is 12.7. The van der Waals surface area contributed by atoms with Gasteiger partial charge in [-0.2, -0.15) is 0 Å². The summed E-state index contributed by atoms with van der Waals surface area (Å²) in [6.07, 6.45) is 7.24. The predicted octanol–water partition coefficient (Wildman–Crippen LogP) is 4.07. The molecule has 0 spiro atoms. The van der Waals surface area contributed by atoms with Gasteiger partial charge in [0.15, 0.2) is 0 Å². The zero-order valence-electron chi connectivity index (χ0n) is 13.5. The predicted molar refractivity (Wildman–Crippen MR) is 90.6 cm³/mol. The van der Waals surface area contributed by atoms with Gasteiger partial charge >= 0.3 is 0 Å². The Bertz CT molecular complexity index is 699. The summed E-state index contributed by atoms with van der Waals surface area (Å²) >= 11 is 1.49. The second kappa shape index (κ2) is 6.32. The Morgan fingerprint density at radius 3 is 2.45 bits per heavy atom. The van der Waals surface area contributed by atoms with E-state index in [4.69, 9.17) is 0 Å². The number of nitrogens with one attached hydrogen (secondary N) is 1. The van der Waals surface area contributed by atoms with Crippen molar-refractivity contribution in [2.24, 2.45) is 0 Å². The molecule has 5 heteroatoms. The van der Waals surface area contributed by atoms with Gasteiger partial charge in [0.1, 0.15) is 10.7 Å². The average Bonchev–Trinajstić information content (AvgIpc) is 2.63. The molecular weight excluding hydrogens is 294 g/mol. The van der Waals surface area contributed by atoms with Crippen molar-refractivity contribution >= 4 is 27.5 Å². The van der Waals surface area contributed by atoms with E-state index in [0.717, 1.165) is 45.0 Å². The molecule has 1 amide bonds. The second-order valence-electron chi connectivity index (χ2n) is 6.25. The first-order valence-corrected chi connectivity index (χ1v) is 8.93. The molecule has 2 heterocycles. The summed E-state index contributed by atoms with van der Waals surface area (Å²) in [5.41, 5.74) is 1.98. The number of aromatic nitrogens is 2. The van der Waals surface area contributed by atoms with Gasteiger partial charge in [0.05, 0.1) is 4.88 Å². The molecule has 1 saturated carbocycles. The highest BCUT2D eigenvalue weighted by molar-refractivity contribution is 7.20. The summed E-state index contributed by atoms with van der Waals surface area (Å²) < 4.78 is 0. The van der Waals surface area contributed by atoms with Crippen molar-refractivity contribution < 1.29 is 4.79 Å². The number of hydrogen-bond acceptors (Lipinski definition) is 4. The highest BCUT2D eigenvalue weighted by Gasteiger charge is 2.21. The topological polar surface area (TPSA) is 54.9 Å². The highest BCUT2D eigenvalue weighted by atomic mass is 32.1. The van der Waals surface area contributed by atoms with E-state index in [0.29, 0.717) is 6.04 Å². The molecule has 1 fully saturated rings. The van der Waals surface area contributed by atoms with Crippen LogP contribution >= 0.6 is 11.3 Å². The minimum absolute atomic E-state index is 0.0597. The molecule has 0 saturated heterocycles. The third-order valence-corrected chi connectivity index (χ3v) is 5.66. The lowest BCUT2D eigenvalue weighted by Gasteiger charge is -2.15. The lowest BCUT2D eigenvalue weighted by Crippen LogP contribution is -2.34. The van der Waals surface area contributed by atoms with Crippen LogP contribution < -0.4 is 5.32 Å². The molecule has 118 valence electrons. The third-order valence-electron chi connectivity index (χ3n) is 4.48. The van der Waals surface area contributed by atoms with Crippen molar-refractivity contribution in [2.75, 3.05) is 0 Å². The summed E-state index contributed by atoms with van der Waals surface area (Å²) in [5, 5.41) is 4.28. The second-order valence-corrected chi connectivity index (χ2v) is 7.25. The van der Waals surface area contributed by atoms with Crippen molar-refractivity contribution in [3.8, 4) is 0 Å². The van der Waals surface area contributed by atoms with Crippen LogP contribution in [0.25, 0.3) is 10.2 Å². The van der Waals surface area contributed by atoms with Crippen molar-refractivity contribution in [1.29, 1.82) is 0 Å². The molecule has 0 aliphatic heterocycles. The zero-order chi connectivity index (χ0) is 15.7. The molecule has 2 aromatic rings. The molecule has 2 aromatic heterocycles. The highest BCUT2D eigenvalue weighted by Crippen LogP contribution is 2.31. The van der Waals surface area contributed by atoms with E-state index in [1.54, 1.807) is 0 Å². The Balaban J connectivity index is 1.87. The van der Waals surface area contributed by atoms with Gasteiger partial charge in [0.25, 0.3) is 5.91 Å². The standard InChI is InChI=1S/C17H23N3OS/c1-10-14-11(2)18-12(3)19-17(14)22-15(10)16(21)20-13-8-6-4-5-7-9-13/h13H,4-9H2,1-3H3,(H,20,21). The SMILES string of the molecule is Cc1nc(C)c2c(C)c(C(=O)NC3CCCCCC3)sc2n1. The fourth-order valence-corrected chi connectivity index (χ4v) is 4.55. The number of nitrogens with zero attached hydrogens (tertiary/aromatic N) is 2. The summed E-state index contributed by atoms with van der Waals surface area (Å²) in [6, 6.07) is 0.327. The van der Waals surface area contributed by atoms with Gasteiger partial charge in [-0.3, -0.25) is 4.79 Å². The van der Waals surface area contributed by atoms with Gasteiger partial charge in [-0.15, -0.1) is 11.3 Å². The quantitative estimate of drug-likeness (QED) is 0.850. The largest absolute Gasteiger partial charge is 0.349 e. The van der Waals surface area contributed by atoms with Gasteiger partial charge < -0.3 is 5.32 Å². The molecule has 1 aliphatic rings. The normalized spacial score (nSPS) is 16.7. The van der Waals surface area contributed by atoms with Crippen LogP contribution in [0.1, 0.15) is 65.3 Å². The number of rotatable bonds is 2. The summed E-state index contributed by atoms with van der Waals surface area (Å²) in [6.45, 7) is 5.89. The fraction of sp³-hybridized carbons (Fsp3) is 0.588. The Kier molecular flexibility index (Phi) is 4.43. The van der Waals surface area contributed by atoms with E-state index in [2.05, 4.69) is 15.3 Å². The van der Waals surface area contributed by atoms with Crippen LogP contribution in [0.2, 0.25) is 0 Å². The molecule has 1 N–H and O–H groups in total. The molecule has 3 rings (SSSR count). The lowest BCUT2D eigenvalue weighted by atomic mass is 10.1. The Morgan fingerprint density at radius 1 is 1.09 bits per heavy atom. The van der Waals surface area contributed by atoms with Crippen LogP contribution in [0.4, 0.5) is 0 Å². The van der Waals surface area contributed by atoms with Gasteiger partial charge in [0.2, 0.25) is 0 Å². The van der Waals surface area contributed by atoms with Crippen molar-refractivity contribution in [1.82, 2.24) is 15.3 Å². The number of carbonyl (C=O) groups is 1. The first-order chi connectivity index (χ1) is 10.6. The molecular formula is C17H23N3OS. The number of fused-ring (bicyclic) bond motifs is 1. The summed E-state index contributed by atoms with van der Waals surface area (Å²) in [7, 11) is 0. The number of hydrogen-bond donors (Lipinski definition) is 1. The van der Waals surface area contributed by atoms with E-state index in [1.807, 2.05) is 20.8 Å². The molecule has 0 radical (unpaired) electrons. The lowest BCUT2D eigenvalue weighted by molar-refractivity contribution is 0.0937. The average molecular weight is 317 g/mol. The molecule has 0 atom stereocenters. The summed E-state index contributed by atoms with van der Waals surface area (Å²) in [4.78, 5) is 23.3.